The Morgan fingerprint density at radius 3 is 2.47 bits per heavy atom. The predicted octanol–water partition coefficient (Wildman–Crippen LogP) is 8.79. The molecule has 0 atom stereocenters. The van der Waals surface area contributed by atoms with Gasteiger partial charge < -0.3 is 24.4 Å². The average molecular weight is 662 g/mol. The van der Waals surface area contributed by atoms with E-state index in [-0.39, 0.29) is 6.79 Å². The van der Waals surface area contributed by atoms with Crippen LogP contribution in [-0.2, 0) is 15.9 Å². The van der Waals surface area contributed by atoms with E-state index in [0.717, 1.165) is 87.5 Å². The lowest BCUT2D eigenvalue weighted by molar-refractivity contribution is 0.0505. The molecule has 45 heavy (non-hydrogen) atoms. The maximum Gasteiger partial charge on any atom is 0.410 e. The van der Waals surface area contributed by atoms with Crippen molar-refractivity contribution in [3.05, 3.63) is 52.0 Å². The first-order chi connectivity index (χ1) is 22.0. The molecule has 2 aromatic rings. The summed E-state index contributed by atoms with van der Waals surface area (Å²) in [6.45, 7) is 8.32. The van der Waals surface area contributed by atoms with Gasteiger partial charge in [0.25, 0.3) is 0 Å². The van der Waals surface area contributed by atoms with E-state index in [1.165, 1.54) is 38.5 Å². The summed E-state index contributed by atoms with van der Waals surface area (Å²) >= 11 is 12.6. The smallest absolute Gasteiger partial charge is 0.410 e. The first-order valence-corrected chi connectivity index (χ1v) is 17.6. The maximum absolute atomic E-state index is 12.0. The fraction of sp³-hybridized carbons (Fsp3) is 0.600. The van der Waals surface area contributed by atoms with Crippen LogP contribution in [0.1, 0.15) is 83.1 Å². The molecule has 4 rings (SSSR count). The predicted molar refractivity (Wildman–Crippen MR) is 185 cm³/mol. The van der Waals surface area contributed by atoms with Crippen molar-refractivity contribution in [1.29, 1.82) is 0 Å². The molecule has 2 heterocycles. The van der Waals surface area contributed by atoms with Crippen LogP contribution < -0.4 is 15.0 Å². The molecular formula is C35H50Cl2N4O4. The van der Waals surface area contributed by atoms with E-state index in [1.54, 1.807) is 0 Å². The molecule has 1 N–H and O–H groups in total. The first kappa shape index (κ1) is 35.2. The lowest BCUT2D eigenvalue weighted by atomic mass is 10.0. The molecule has 0 aliphatic carbocycles. The molecule has 2 aliphatic rings. The summed E-state index contributed by atoms with van der Waals surface area (Å²) < 4.78 is 16.9. The molecule has 1 amide bonds. The molecule has 1 saturated heterocycles. The minimum atomic E-state index is -0.449. The maximum atomic E-state index is 12.0. The third kappa shape index (κ3) is 12.2. The monoisotopic (exact) mass is 660 g/mol. The van der Waals surface area contributed by atoms with Crippen LogP contribution >= 0.6 is 23.2 Å². The molecular weight excluding hydrogens is 611 g/mol. The van der Waals surface area contributed by atoms with Crippen molar-refractivity contribution in [3.63, 3.8) is 0 Å². The number of unbranched alkanes of at least 4 members (excludes halogenated alkanes) is 8. The van der Waals surface area contributed by atoms with Crippen LogP contribution in [0.5, 0.6) is 5.75 Å². The number of ether oxygens (including phenoxy) is 3. The molecule has 248 valence electrons. The summed E-state index contributed by atoms with van der Waals surface area (Å²) in [5.74, 6) is 1.38. The van der Waals surface area contributed by atoms with Crippen LogP contribution in [-0.4, -0.2) is 69.6 Å². The SMILES string of the molecule is CCCCCCCCCCNC(=O)OCOC1=Nc2cc(OCCCCN3CCN(c4cccc(Cl)c4Cl)CC3)ccc2CC1. The molecule has 8 nitrogen and oxygen atoms in total. The van der Waals surface area contributed by atoms with Crippen molar-refractivity contribution >= 4 is 46.6 Å². The lowest BCUT2D eigenvalue weighted by Crippen LogP contribution is -2.46. The molecule has 2 aliphatic heterocycles. The average Bonchev–Trinajstić information content (AvgIpc) is 3.05. The fourth-order valence-electron chi connectivity index (χ4n) is 5.71. The zero-order chi connectivity index (χ0) is 31.7. The van der Waals surface area contributed by atoms with Gasteiger partial charge in [0.05, 0.1) is 28.0 Å². The molecule has 0 aromatic heterocycles. The number of benzene rings is 2. The van der Waals surface area contributed by atoms with Gasteiger partial charge in [-0.05, 0) is 56.0 Å². The van der Waals surface area contributed by atoms with Gasteiger partial charge in [-0.3, -0.25) is 4.90 Å². The van der Waals surface area contributed by atoms with Crippen LogP contribution in [0.25, 0.3) is 0 Å². The van der Waals surface area contributed by atoms with E-state index in [2.05, 4.69) is 33.1 Å². The van der Waals surface area contributed by atoms with E-state index in [4.69, 9.17) is 37.4 Å². The van der Waals surface area contributed by atoms with Gasteiger partial charge >= 0.3 is 6.09 Å². The van der Waals surface area contributed by atoms with Crippen molar-refractivity contribution in [2.45, 2.75) is 84.0 Å². The van der Waals surface area contributed by atoms with Crippen molar-refractivity contribution in [1.82, 2.24) is 10.2 Å². The van der Waals surface area contributed by atoms with E-state index < -0.39 is 6.09 Å². The van der Waals surface area contributed by atoms with Crippen LogP contribution in [0.15, 0.2) is 41.4 Å². The fourth-order valence-corrected chi connectivity index (χ4v) is 6.13. The van der Waals surface area contributed by atoms with Gasteiger partial charge in [-0.1, -0.05) is 87.2 Å². The minimum absolute atomic E-state index is 0.142. The largest absolute Gasteiger partial charge is 0.494 e. The van der Waals surface area contributed by atoms with Crippen LogP contribution in [0.3, 0.4) is 0 Å². The number of hydrogen-bond donors (Lipinski definition) is 1. The van der Waals surface area contributed by atoms with Crippen molar-refractivity contribution in [2.75, 3.05) is 57.6 Å². The number of piperazine rings is 1. The quantitative estimate of drug-likeness (QED) is 0.127. The topological polar surface area (TPSA) is 75.6 Å². The number of carbonyl (C=O) groups is 1. The Bertz CT molecular complexity index is 1220. The molecule has 2 aromatic carbocycles. The number of carbonyl (C=O) groups excluding carboxylic acids is 1. The number of nitrogens with one attached hydrogen (secondary N) is 1. The minimum Gasteiger partial charge on any atom is -0.494 e. The Morgan fingerprint density at radius 2 is 1.67 bits per heavy atom. The van der Waals surface area contributed by atoms with Gasteiger partial charge in [-0.2, -0.15) is 0 Å². The third-order valence-corrected chi connectivity index (χ3v) is 9.22. The number of nitrogens with zero attached hydrogens (tertiary/aromatic N) is 3. The summed E-state index contributed by atoms with van der Waals surface area (Å²) in [7, 11) is 0. The molecule has 0 bridgehead atoms. The summed E-state index contributed by atoms with van der Waals surface area (Å²) in [6, 6.07) is 11.9. The van der Waals surface area contributed by atoms with E-state index in [0.29, 0.717) is 35.5 Å². The Hall–Kier alpha value is -2.68. The van der Waals surface area contributed by atoms with Crippen LogP contribution in [0.2, 0.25) is 10.0 Å². The molecule has 0 spiro atoms. The number of alkyl carbamates (subject to hydrolysis) is 1. The summed E-state index contributed by atoms with van der Waals surface area (Å²) in [6.07, 6.45) is 13.0. The Balaban J connectivity index is 1.06. The number of aryl methyl sites for hydroxylation is 1. The highest BCUT2D eigenvalue weighted by Gasteiger charge is 2.19. The third-order valence-electron chi connectivity index (χ3n) is 8.41. The lowest BCUT2D eigenvalue weighted by Gasteiger charge is -2.36. The van der Waals surface area contributed by atoms with Gasteiger partial charge in [0.15, 0.2) is 5.90 Å². The number of halogens is 2. The number of fused-ring (bicyclic) bond motifs is 1. The number of hydrogen-bond acceptors (Lipinski definition) is 7. The summed E-state index contributed by atoms with van der Waals surface area (Å²) in [5, 5.41) is 4.04. The highest BCUT2D eigenvalue weighted by molar-refractivity contribution is 6.43. The number of rotatable bonds is 18. The van der Waals surface area contributed by atoms with Gasteiger partial charge in [0, 0.05) is 45.2 Å². The second-order valence-electron chi connectivity index (χ2n) is 11.8. The number of anilines is 1. The second kappa shape index (κ2) is 19.7. The highest BCUT2D eigenvalue weighted by atomic mass is 35.5. The second-order valence-corrected chi connectivity index (χ2v) is 12.6. The van der Waals surface area contributed by atoms with Gasteiger partial charge in [-0.25, -0.2) is 9.79 Å². The normalized spacial score (nSPS) is 14.9. The van der Waals surface area contributed by atoms with Gasteiger partial charge in [0.1, 0.15) is 5.75 Å². The molecule has 0 unspecified atom stereocenters. The molecule has 10 heteroatoms. The zero-order valence-corrected chi connectivity index (χ0v) is 28.3. The number of amides is 1. The Morgan fingerprint density at radius 1 is 0.889 bits per heavy atom. The van der Waals surface area contributed by atoms with E-state index >= 15 is 0 Å². The van der Waals surface area contributed by atoms with Gasteiger partial charge in [-0.15, -0.1) is 0 Å². The van der Waals surface area contributed by atoms with Crippen LogP contribution in [0.4, 0.5) is 16.2 Å². The Labute approximate surface area is 279 Å². The standard InChI is InChI=1S/C35H50Cl2N4O4/c1-2-3-4-5-6-7-8-9-19-38-35(42)45-27-44-33-18-16-28-15-17-29(26-31(28)39-33)43-25-11-10-20-40-21-23-41(24-22-40)32-14-12-13-30(36)34(32)37/h12-15,17,26H,2-11,16,18-25,27H2,1H3,(H,38,42). The van der Waals surface area contributed by atoms with Gasteiger partial charge in [0.2, 0.25) is 6.79 Å². The van der Waals surface area contributed by atoms with Crippen molar-refractivity contribution in [2.24, 2.45) is 4.99 Å². The zero-order valence-electron chi connectivity index (χ0n) is 26.8. The molecule has 0 saturated carbocycles. The van der Waals surface area contributed by atoms with Crippen LogP contribution in [0, 0.1) is 0 Å². The van der Waals surface area contributed by atoms with Crippen molar-refractivity contribution < 1.29 is 19.0 Å². The summed E-state index contributed by atoms with van der Waals surface area (Å²) in [5.41, 5.74) is 3.04. The van der Waals surface area contributed by atoms with E-state index in [1.807, 2.05) is 30.3 Å². The van der Waals surface area contributed by atoms with Crippen molar-refractivity contribution in [3.8, 4) is 5.75 Å². The number of aliphatic imine (C=N–C) groups is 1. The van der Waals surface area contributed by atoms with E-state index in [9.17, 15) is 4.79 Å². The summed E-state index contributed by atoms with van der Waals surface area (Å²) in [4.78, 5) is 21.4. The highest BCUT2D eigenvalue weighted by Crippen LogP contribution is 2.33. The Kier molecular flexibility index (Phi) is 15.4. The first-order valence-electron chi connectivity index (χ1n) is 16.8. The molecule has 1 fully saturated rings. The molecule has 0 radical (unpaired) electrons.